The molecule has 2 aromatic carbocycles. The molecule has 3 aromatic rings. The minimum Gasteiger partial charge on any atom is -0.497 e. The van der Waals surface area contributed by atoms with Crippen molar-refractivity contribution in [3.05, 3.63) is 36.4 Å². The summed E-state index contributed by atoms with van der Waals surface area (Å²) < 4.78 is 16.0. The number of nitrogens with two attached hydrogens (primary N) is 1. The first-order chi connectivity index (χ1) is 9.71. The summed E-state index contributed by atoms with van der Waals surface area (Å²) >= 11 is 0. The molecule has 0 aliphatic heterocycles. The highest BCUT2D eigenvalue weighted by molar-refractivity contribution is 5.80. The first-order valence-corrected chi connectivity index (χ1v) is 6.09. The number of hydrogen-bond donors (Lipinski definition) is 1. The zero-order chi connectivity index (χ0) is 14.1. The zero-order valence-corrected chi connectivity index (χ0v) is 11.2. The second kappa shape index (κ2) is 4.77. The standard InChI is InChI=1S/C15H14N2O3/c1-18-9-3-5-11(12(16)7-9)15-17-13-6-4-10(19-2)8-14(13)20-15/h3-8H,16H2,1-2H3. The van der Waals surface area contributed by atoms with Gasteiger partial charge in [-0.3, -0.25) is 0 Å². The molecule has 0 saturated carbocycles. The van der Waals surface area contributed by atoms with Crippen LogP contribution in [-0.4, -0.2) is 19.2 Å². The Balaban J connectivity index is 2.10. The van der Waals surface area contributed by atoms with Crippen LogP contribution < -0.4 is 15.2 Å². The van der Waals surface area contributed by atoms with E-state index in [4.69, 9.17) is 19.6 Å². The third-order valence-corrected chi connectivity index (χ3v) is 3.08. The molecule has 3 rings (SSSR count). The molecule has 0 amide bonds. The van der Waals surface area contributed by atoms with Crippen LogP contribution in [0.3, 0.4) is 0 Å². The molecule has 0 aliphatic rings. The summed E-state index contributed by atoms with van der Waals surface area (Å²) in [4.78, 5) is 4.43. The maximum absolute atomic E-state index is 6.00. The summed E-state index contributed by atoms with van der Waals surface area (Å²) in [7, 11) is 3.21. The van der Waals surface area contributed by atoms with Crippen LogP contribution in [0.5, 0.6) is 11.5 Å². The number of nitrogens with zero attached hydrogens (tertiary/aromatic N) is 1. The Kier molecular flexibility index (Phi) is 2.95. The van der Waals surface area contributed by atoms with Crippen LogP contribution in [0.25, 0.3) is 22.6 Å². The topological polar surface area (TPSA) is 70.5 Å². The van der Waals surface area contributed by atoms with Crippen molar-refractivity contribution >= 4 is 16.8 Å². The Morgan fingerprint density at radius 1 is 1.00 bits per heavy atom. The Labute approximate surface area is 115 Å². The van der Waals surface area contributed by atoms with Gasteiger partial charge in [0.25, 0.3) is 0 Å². The van der Waals surface area contributed by atoms with E-state index in [1.807, 2.05) is 24.3 Å². The molecule has 0 saturated heterocycles. The summed E-state index contributed by atoms with van der Waals surface area (Å²) in [5.74, 6) is 1.90. The minimum absolute atomic E-state index is 0.480. The van der Waals surface area contributed by atoms with Gasteiger partial charge in [0.1, 0.15) is 17.0 Å². The third kappa shape index (κ3) is 2.03. The predicted octanol–water partition coefficient (Wildman–Crippen LogP) is 3.09. The number of anilines is 1. The Bertz CT molecular complexity index is 765. The van der Waals surface area contributed by atoms with Gasteiger partial charge in [0.2, 0.25) is 5.89 Å². The van der Waals surface area contributed by atoms with Gasteiger partial charge in [0.15, 0.2) is 5.58 Å². The van der Waals surface area contributed by atoms with Crippen molar-refractivity contribution in [2.45, 2.75) is 0 Å². The maximum Gasteiger partial charge on any atom is 0.229 e. The highest BCUT2D eigenvalue weighted by Gasteiger charge is 2.12. The molecule has 5 nitrogen and oxygen atoms in total. The number of rotatable bonds is 3. The van der Waals surface area contributed by atoms with Crippen LogP contribution in [0.1, 0.15) is 0 Å². The molecule has 2 N–H and O–H groups in total. The first-order valence-electron chi connectivity index (χ1n) is 6.09. The van der Waals surface area contributed by atoms with Gasteiger partial charge in [-0.2, -0.15) is 0 Å². The number of ether oxygens (including phenoxy) is 2. The van der Waals surface area contributed by atoms with E-state index in [2.05, 4.69) is 4.98 Å². The predicted molar refractivity (Wildman–Crippen MR) is 77.0 cm³/mol. The van der Waals surface area contributed by atoms with Crippen molar-refractivity contribution in [2.75, 3.05) is 20.0 Å². The minimum atomic E-state index is 0.480. The number of oxazole rings is 1. The van der Waals surface area contributed by atoms with Crippen LogP contribution >= 0.6 is 0 Å². The van der Waals surface area contributed by atoms with Crippen LogP contribution in [0.15, 0.2) is 40.8 Å². The molecule has 0 bridgehead atoms. The molecule has 1 heterocycles. The monoisotopic (exact) mass is 270 g/mol. The lowest BCUT2D eigenvalue weighted by molar-refractivity contribution is 0.414. The number of benzene rings is 2. The third-order valence-electron chi connectivity index (χ3n) is 3.08. The van der Waals surface area contributed by atoms with Gasteiger partial charge in [0, 0.05) is 17.8 Å². The molecular formula is C15H14N2O3. The second-order valence-electron chi connectivity index (χ2n) is 4.31. The summed E-state index contributed by atoms with van der Waals surface area (Å²) in [6.07, 6.45) is 0. The Morgan fingerprint density at radius 3 is 2.40 bits per heavy atom. The first kappa shape index (κ1) is 12.3. The van der Waals surface area contributed by atoms with Crippen molar-refractivity contribution in [1.82, 2.24) is 4.98 Å². The summed E-state index contributed by atoms with van der Waals surface area (Å²) in [6, 6.07) is 10.9. The molecule has 0 spiro atoms. The normalized spacial score (nSPS) is 10.7. The molecule has 0 radical (unpaired) electrons. The van der Waals surface area contributed by atoms with Crippen LogP contribution in [0.4, 0.5) is 5.69 Å². The van der Waals surface area contributed by atoms with E-state index < -0.39 is 0 Å². The Morgan fingerprint density at radius 2 is 1.70 bits per heavy atom. The number of fused-ring (bicyclic) bond motifs is 1. The Hall–Kier alpha value is -2.69. The fraction of sp³-hybridized carbons (Fsp3) is 0.133. The molecule has 102 valence electrons. The van der Waals surface area contributed by atoms with Crippen molar-refractivity contribution in [3.8, 4) is 23.0 Å². The largest absolute Gasteiger partial charge is 0.497 e. The van der Waals surface area contributed by atoms with Gasteiger partial charge in [-0.25, -0.2) is 4.98 Å². The molecule has 0 fully saturated rings. The van der Waals surface area contributed by atoms with Gasteiger partial charge >= 0.3 is 0 Å². The number of aromatic nitrogens is 1. The maximum atomic E-state index is 6.00. The summed E-state index contributed by atoms with van der Waals surface area (Å²) in [5, 5.41) is 0. The second-order valence-corrected chi connectivity index (χ2v) is 4.31. The van der Waals surface area contributed by atoms with E-state index in [-0.39, 0.29) is 0 Å². The fourth-order valence-corrected chi connectivity index (χ4v) is 2.01. The van der Waals surface area contributed by atoms with Crippen molar-refractivity contribution in [3.63, 3.8) is 0 Å². The van der Waals surface area contributed by atoms with Gasteiger partial charge < -0.3 is 19.6 Å². The van der Waals surface area contributed by atoms with Crippen LogP contribution in [0, 0.1) is 0 Å². The SMILES string of the molecule is COc1ccc(-c2nc3ccc(OC)cc3o2)c(N)c1. The fourth-order valence-electron chi connectivity index (χ4n) is 2.01. The highest BCUT2D eigenvalue weighted by atomic mass is 16.5. The number of nitrogen functional groups attached to an aromatic ring is 1. The average molecular weight is 270 g/mol. The van der Waals surface area contributed by atoms with E-state index in [1.54, 1.807) is 26.4 Å². The summed E-state index contributed by atoms with van der Waals surface area (Å²) in [6.45, 7) is 0. The van der Waals surface area contributed by atoms with Crippen molar-refractivity contribution in [1.29, 1.82) is 0 Å². The van der Waals surface area contributed by atoms with Crippen LogP contribution in [0.2, 0.25) is 0 Å². The quantitative estimate of drug-likeness (QED) is 0.740. The lowest BCUT2D eigenvalue weighted by Crippen LogP contribution is -1.92. The molecule has 0 atom stereocenters. The van der Waals surface area contributed by atoms with E-state index >= 15 is 0 Å². The van der Waals surface area contributed by atoms with Gasteiger partial charge in [-0.05, 0) is 24.3 Å². The lowest BCUT2D eigenvalue weighted by Gasteiger charge is -2.04. The molecular weight excluding hydrogens is 256 g/mol. The number of methoxy groups -OCH3 is 2. The smallest absolute Gasteiger partial charge is 0.229 e. The summed E-state index contributed by atoms with van der Waals surface area (Å²) in [5.41, 5.74) is 8.72. The van der Waals surface area contributed by atoms with Crippen molar-refractivity contribution in [2.24, 2.45) is 0 Å². The lowest BCUT2D eigenvalue weighted by atomic mass is 10.1. The molecule has 20 heavy (non-hydrogen) atoms. The van der Waals surface area contributed by atoms with Crippen molar-refractivity contribution < 1.29 is 13.9 Å². The highest BCUT2D eigenvalue weighted by Crippen LogP contribution is 2.32. The average Bonchev–Trinajstić information content (AvgIpc) is 2.89. The van der Waals surface area contributed by atoms with E-state index in [0.717, 1.165) is 16.8 Å². The zero-order valence-electron chi connectivity index (χ0n) is 11.2. The van der Waals surface area contributed by atoms with Gasteiger partial charge in [-0.1, -0.05) is 0 Å². The molecule has 5 heteroatoms. The van der Waals surface area contributed by atoms with Gasteiger partial charge in [0.05, 0.1) is 19.8 Å². The van der Waals surface area contributed by atoms with Gasteiger partial charge in [-0.15, -0.1) is 0 Å². The van der Waals surface area contributed by atoms with E-state index in [1.165, 1.54) is 0 Å². The van der Waals surface area contributed by atoms with E-state index in [0.29, 0.717) is 22.9 Å². The number of hydrogen-bond acceptors (Lipinski definition) is 5. The molecule has 0 unspecified atom stereocenters. The van der Waals surface area contributed by atoms with E-state index in [9.17, 15) is 0 Å². The molecule has 1 aromatic heterocycles. The molecule has 0 aliphatic carbocycles. The van der Waals surface area contributed by atoms with Crippen LogP contribution in [-0.2, 0) is 0 Å².